The zero-order chi connectivity index (χ0) is 13.4. The number of nitrogens with zero attached hydrogens (tertiary/aromatic N) is 3. The Morgan fingerprint density at radius 2 is 1.79 bits per heavy atom. The molecule has 0 unspecified atom stereocenters. The molecule has 3 rings (SSSR count). The number of aromatic nitrogens is 3. The molecular weight excluding hydrogens is 238 g/mol. The highest BCUT2D eigenvalue weighted by Gasteiger charge is 2.15. The third-order valence-electron chi connectivity index (χ3n) is 3.36. The van der Waals surface area contributed by atoms with E-state index in [1.165, 1.54) is 0 Å². The molecule has 0 spiro atoms. The number of benzene rings is 1. The van der Waals surface area contributed by atoms with Crippen molar-refractivity contribution in [1.29, 1.82) is 0 Å². The van der Waals surface area contributed by atoms with E-state index >= 15 is 0 Å². The summed E-state index contributed by atoms with van der Waals surface area (Å²) in [4.78, 5) is 9.23. The van der Waals surface area contributed by atoms with Gasteiger partial charge in [-0.2, -0.15) is 0 Å². The van der Waals surface area contributed by atoms with Crippen molar-refractivity contribution in [3.05, 3.63) is 24.3 Å². The molecule has 0 aliphatic heterocycles. The minimum absolute atomic E-state index is 0.532. The van der Waals surface area contributed by atoms with Gasteiger partial charge in [-0.25, -0.2) is 9.97 Å². The fourth-order valence-electron chi connectivity index (χ4n) is 2.28. The van der Waals surface area contributed by atoms with Gasteiger partial charge in [0.25, 0.3) is 0 Å². The van der Waals surface area contributed by atoms with E-state index in [0.29, 0.717) is 17.0 Å². The maximum Gasteiger partial charge on any atom is 0.163 e. The average molecular weight is 255 g/mol. The fourth-order valence-corrected chi connectivity index (χ4v) is 2.28. The lowest BCUT2D eigenvalue weighted by Crippen LogP contribution is -2.04. The van der Waals surface area contributed by atoms with Crippen LogP contribution in [0.2, 0.25) is 0 Å². The Balaban J connectivity index is 2.30. The lowest BCUT2D eigenvalue weighted by molar-refractivity contribution is 0.653. The van der Waals surface area contributed by atoms with Gasteiger partial charge in [0.2, 0.25) is 0 Å². The van der Waals surface area contributed by atoms with E-state index in [9.17, 15) is 0 Å². The molecule has 2 heterocycles. The van der Waals surface area contributed by atoms with Crippen molar-refractivity contribution in [2.75, 3.05) is 11.5 Å². The molecule has 4 N–H and O–H groups in total. The Kier molecular flexibility index (Phi) is 2.74. The normalized spacial score (nSPS) is 11.4. The van der Waals surface area contributed by atoms with Crippen LogP contribution in [0.4, 0.5) is 11.5 Å². The first-order valence-electron chi connectivity index (χ1n) is 6.52. The minimum atomic E-state index is 0.532. The number of nitrogens with two attached hydrogens (primary N) is 2. The molecule has 19 heavy (non-hydrogen) atoms. The summed E-state index contributed by atoms with van der Waals surface area (Å²) in [5, 5.41) is 0. The van der Waals surface area contributed by atoms with Gasteiger partial charge in [0.1, 0.15) is 17.0 Å². The number of hydrogen-bond acceptors (Lipinski definition) is 4. The molecule has 0 fully saturated rings. The molecule has 98 valence electrons. The Hall–Kier alpha value is -2.30. The Bertz CT molecular complexity index is 744. The van der Waals surface area contributed by atoms with Crippen LogP contribution in [-0.2, 0) is 6.54 Å². The van der Waals surface area contributed by atoms with Gasteiger partial charge in [0, 0.05) is 6.54 Å². The van der Waals surface area contributed by atoms with Gasteiger partial charge < -0.3 is 16.0 Å². The summed E-state index contributed by atoms with van der Waals surface area (Å²) in [6, 6.07) is 7.78. The quantitative estimate of drug-likeness (QED) is 0.753. The summed E-state index contributed by atoms with van der Waals surface area (Å²) in [5.74, 6) is 0.568. The van der Waals surface area contributed by atoms with E-state index in [1.807, 2.05) is 28.8 Å². The summed E-state index contributed by atoms with van der Waals surface area (Å²) in [6.07, 6.45) is 2.14. The Labute approximate surface area is 111 Å². The van der Waals surface area contributed by atoms with Crippen LogP contribution < -0.4 is 11.5 Å². The van der Waals surface area contributed by atoms with Crippen LogP contribution in [0.15, 0.2) is 24.3 Å². The number of unbranched alkanes of at least 4 members (excludes halogenated alkanes) is 1. The Morgan fingerprint density at radius 3 is 2.47 bits per heavy atom. The van der Waals surface area contributed by atoms with Gasteiger partial charge >= 0.3 is 0 Å². The predicted molar refractivity (Wildman–Crippen MR) is 78.8 cm³/mol. The molecule has 0 saturated carbocycles. The van der Waals surface area contributed by atoms with Crippen LogP contribution in [0.3, 0.4) is 0 Å². The smallest absolute Gasteiger partial charge is 0.163 e. The van der Waals surface area contributed by atoms with E-state index in [1.54, 1.807) is 0 Å². The van der Waals surface area contributed by atoms with Crippen molar-refractivity contribution < 1.29 is 0 Å². The summed E-state index contributed by atoms with van der Waals surface area (Å²) in [6.45, 7) is 2.97. The molecular formula is C14H17N5. The molecule has 1 aromatic carbocycles. The fraction of sp³-hybridized carbons (Fsp3) is 0.286. The zero-order valence-corrected chi connectivity index (χ0v) is 10.9. The van der Waals surface area contributed by atoms with Crippen molar-refractivity contribution in [2.45, 2.75) is 26.3 Å². The van der Waals surface area contributed by atoms with E-state index in [-0.39, 0.29) is 0 Å². The van der Waals surface area contributed by atoms with Crippen molar-refractivity contribution in [2.24, 2.45) is 0 Å². The van der Waals surface area contributed by atoms with Crippen LogP contribution >= 0.6 is 0 Å². The van der Waals surface area contributed by atoms with Gasteiger partial charge in [0.15, 0.2) is 5.65 Å². The monoisotopic (exact) mass is 255 g/mol. The van der Waals surface area contributed by atoms with E-state index < -0.39 is 0 Å². The lowest BCUT2D eigenvalue weighted by Gasteiger charge is -2.06. The highest BCUT2D eigenvalue weighted by Crippen LogP contribution is 2.29. The first-order valence-corrected chi connectivity index (χ1v) is 6.52. The van der Waals surface area contributed by atoms with Crippen LogP contribution in [0, 0.1) is 0 Å². The second-order valence-corrected chi connectivity index (χ2v) is 4.69. The van der Waals surface area contributed by atoms with Gasteiger partial charge in [-0.1, -0.05) is 25.5 Å². The van der Waals surface area contributed by atoms with E-state index in [0.717, 1.165) is 36.1 Å². The van der Waals surface area contributed by atoms with Crippen molar-refractivity contribution in [3.8, 4) is 0 Å². The van der Waals surface area contributed by atoms with Gasteiger partial charge in [-0.3, -0.25) is 0 Å². The number of aryl methyl sites for hydroxylation is 1. The summed E-state index contributed by atoms with van der Waals surface area (Å²) in [7, 11) is 0. The summed E-state index contributed by atoms with van der Waals surface area (Å²) >= 11 is 0. The van der Waals surface area contributed by atoms with Crippen molar-refractivity contribution in [3.63, 3.8) is 0 Å². The number of nitrogen functional groups attached to an aromatic ring is 2. The molecule has 0 aliphatic carbocycles. The highest BCUT2D eigenvalue weighted by atomic mass is 15.1. The summed E-state index contributed by atoms with van der Waals surface area (Å²) in [5.41, 5.74) is 15.9. The number of fused-ring (bicyclic) bond motifs is 2. The maximum absolute atomic E-state index is 6.08. The zero-order valence-electron chi connectivity index (χ0n) is 10.9. The maximum atomic E-state index is 6.08. The second-order valence-electron chi connectivity index (χ2n) is 4.69. The van der Waals surface area contributed by atoms with Crippen LogP contribution in [0.25, 0.3) is 22.2 Å². The van der Waals surface area contributed by atoms with E-state index in [4.69, 9.17) is 11.5 Å². The van der Waals surface area contributed by atoms with Crippen LogP contribution in [-0.4, -0.2) is 14.5 Å². The molecule has 0 aliphatic rings. The van der Waals surface area contributed by atoms with Crippen LogP contribution in [0.5, 0.6) is 0 Å². The molecule has 3 aromatic rings. The van der Waals surface area contributed by atoms with Crippen molar-refractivity contribution >= 4 is 33.7 Å². The van der Waals surface area contributed by atoms with Gasteiger partial charge in [-0.15, -0.1) is 0 Å². The van der Waals surface area contributed by atoms with Crippen LogP contribution in [0.1, 0.15) is 19.8 Å². The number of para-hydroxylation sites is 2. The predicted octanol–water partition coefficient (Wildman–Crippen LogP) is 2.55. The SMILES string of the molecule is CCCCn1c(N)c(N)c2nc3ccccc3nc21. The third kappa shape index (κ3) is 1.78. The lowest BCUT2D eigenvalue weighted by atomic mass is 10.3. The highest BCUT2D eigenvalue weighted by molar-refractivity contribution is 5.97. The summed E-state index contributed by atoms with van der Waals surface area (Å²) < 4.78 is 1.97. The molecule has 0 amide bonds. The largest absolute Gasteiger partial charge is 0.394 e. The molecule has 0 atom stereocenters. The topological polar surface area (TPSA) is 82.8 Å². The number of rotatable bonds is 3. The first-order chi connectivity index (χ1) is 9.22. The first kappa shape index (κ1) is 11.8. The second kappa shape index (κ2) is 4.42. The number of hydrogen-bond donors (Lipinski definition) is 2. The standard InChI is InChI=1S/C14H17N5/c1-2-3-8-19-13(16)11(15)12-14(19)18-10-7-5-4-6-9(10)17-12/h4-7H,2-3,8,15-16H2,1H3. The molecule has 0 bridgehead atoms. The molecule has 5 heteroatoms. The van der Waals surface area contributed by atoms with Crippen molar-refractivity contribution in [1.82, 2.24) is 14.5 Å². The van der Waals surface area contributed by atoms with Gasteiger partial charge in [0.05, 0.1) is 11.0 Å². The molecule has 5 nitrogen and oxygen atoms in total. The molecule has 0 radical (unpaired) electrons. The molecule has 0 saturated heterocycles. The van der Waals surface area contributed by atoms with E-state index in [2.05, 4.69) is 16.9 Å². The average Bonchev–Trinajstić information content (AvgIpc) is 2.67. The number of anilines is 2. The minimum Gasteiger partial charge on any atom is -0.394 e. The van der Waals surface area contributed by atoms with Gasteiger partial charge in [-0.05, 0) is 18.6 Å². The third-order valence-corrected chi connectivity index (χ3v) is 3.36. The Morgan fingerprint density at radius 1 is 1.11 bits per heavy atom. The molecule has 2 aromatic heterocycles.